The van der Waals surface area contributed by atoms with Crippen LogP contribution in [-0.4, -0.2) is 18.7 Å². The molecule has 0 spiro atoms. The van der Waals surface area contributed by atoms with Gasteiger partial charge in [0.2, 0.25) is 0 Å². The van der Waals surface area contributed by atoms with E-state index in [1.807, 2.05) is 6.07 Å². The highest BCUT2D eigenvalue weighted by atomic mass is 16.1. The number of amides is 1. The van der Waals surface area contributed by atoms with E-state index < -0.39 is 0 Å². The predicted octanol–water partition coefficient (Wildman–Crippen LogP) is 0.877. The third kappa shape index (κ3) is 3.24. The van der Waals surface area contributed by atoms with Gasteiger partial charge in [-0.05, 0) is 18.2 Å². The third-order valence-corrected chi connectivity index (χ3v) is 1.80. The Balaban J connectivity index is 2.66. The van der Waals surface area contributed by atoms with Crippen LogP contribution in [0.15, 0.2) is 24.3 Å². The van der Waals surface area contributed by atoms with Gasteiger partial charge < -0.3 is 10.1 Å². The maximum absolute atomic E-state index is 11.5. The first-order valence-electron chi connectivity index (χ1n) is 4.50. The van der Waals surface area contributed by atoms with E-state index in [0.717, 1.165) is 6.29 Å². The van der Waals surface area contributed by atoms with Crippen molar-refractivity contribution in [1.29, 1.82) is 5.26 Å². The maximum atomic E-state index is 11.5. The first-order chi connectivity index (χ1) is 7.27. The highest BCUT2D eigenvalue weighted by molar-refractivity contribution is 5.94. The summed E-state index contributed by atoms with van der Waals surface area (Å²) in [5, 5.41) is 11.2. The average Bonchev–Trinajstić information content (AvgIpc) is 2.29. The molecule has 0 atom stereocenters. The molecule has 0 bridgehead atoms. The van der Waals surface area contributed by atoms with Crippen molar-refractivity contribution in [2.75, 3.05) is 6.54 Å². The van der Waals surface area contributed by atoms with Gasteiger partial charge in [-0.1, -0.05) is 6.07 Å². The summed E-state index contributed by atoms with van der Waals surface area (Å²) >= 11 is 0. The molecular formula is C11H10N2O2. The molecule has 0 aromatic heterocycles. The Morgan fingerprint density at radius 3 is 3.00 bits per heavy atom. The Labute approximate surface area is 87.5 Å². The first-order valence-corrected chi connectivity index (χ1v) is 4.50. The van der Waals surface area contributed by atoms with Crippen LogP contribution in [0, 0.1) is 11.3 Å². The average molecular weight is 202 g/mol. The van der Waals surface area contributed by atoms with Crippen molar-refractivity contribution in [3.05, 3.63) is 35.4 Å². The van der Waals surface area contributed by atoms with E-state index in [0.29, 0.717) is 24.1 Å². The van der Waals surface area contributed by atoms with Gasteiger partial charge in [-0.25, -0.2) is 0 Å². The second-order valence-corrected chi connectivity index (χ2v) is 2.90. The number of hydrogen-bond acceptors (Lipinski definition) is 3. The minimum Gasteiger partial charge on any atom is -0.352 e. The minimum absolute atomic E-state index is 0.269. The second-order valence-electron chi connectivity index (χ2n) is 2.90. The largest absolute Gasteiger partial charge is 0.352 e. The van der Waals surface area contributed by atoms with Crippen molar-refractivity contribution < 1.29 is 9.59 Å². The zero-order valence-corrected chi connectivity index (χ0v) is 8.06. The fourth-order valence-corrected chi connectivity index (χ4v) is 1.08. The molecule has 0 fully saturated rings. The van der Waals surface area contributed by atoms with Crippen molar-refractivity contribution in [2.24, 2.45) is 0 Å². The molecule has 0 radical (unpaired) electrons. The third-order valence-electron chi connectivity index (χ3n) is 1.80. The van der Waals surface area contributed by atoms with Crippen LogP contribution in [0.4, 0.5) is 0 Å². The number of hydrogen-bond donors (Lipinski definition) is 1. The van der Waals surface area contributed by atoms with Gasteiger partial charge in [0.25, 0.3) is 5.91 Å². The molecule has 0 aliphatic heterocycles. The van der Waals surface area contributed by atoms with Crippen LogP contribution in [0.1, 0.15) is 22.3 Å². The molecule has 0 heterocycles. The van der Waals surface area contributed by atoms with Gasteiger partial charge in [0.1, 0.15) is 6.29 Å². The normalized spacial score (nSPS) is 9.00. The van der Waals surface area contributed by atoms with E-state index in [1.165, 1.54) is 6.07 Å². The van der Waals surface area contributed by atoms with Crippen LogP contribution in [0.5, 0.6) is 0 Å². The van der Waals surface area contributed by atoms with Crippen LogP contribution < -0.4 is 5.32 Å². The monoisotopic (exact) mass is 202 g/mol. The number of aldehydes is 1. The number of benzene rings is 1. The Hall–Kier alpha value is -2.15. The summed E-state index contributed by atoms with van der Waals surface area (Å²) in [6.45, 7) is 0.319. The standard InChI is InChI=1S/C11H10N2O2/c12-8-9-3-1-4-10(7-9)11(15)13-5-2-6-14/h1,3-4,6-7H,2,5H2,(H,13,15). The van der Waals surface area contributed by atoms with E-state index in [4.69, 9.17) is 5.26 Å². The summed E-state index contributed by atoms with van der Waals surface area (Å²) in [4.78, 5) is 21.5. The summed E-state index contributed by atoms with van der Waals surface area (Å²) in [6, 6.07) is 8.36. The van der Waals surface area contributed by atoms with E-state index in [-0.39, 0.29) is 5.91 Å². The summed E-state index contributed by atoms with van der Waals surface area (Å²) in [6.07, 6.45) is 1.04. The van der Waals surface area contributed by atoms with Crippen LogP contribution in [0.3, 0.4) is 0 Å². The van der Waals surface area contributed by atoms with Gasteiger partial charge >= 0.3 is 0 Å². The summed E-state index contributed by atoms with van der Waals surface area (Å²) in [7, 11) is 0. The van der Waals surface area contributed by atoms with Gasteiger partial charge in [-0.15, -0.1) is 0 Å². The molecule has 0 aliphatic rings. The molecule has 0 aliphatic carbocycles. The number of carbonyl (C=O) groups is 2. The molecule has 1 aromatic rings. The highest BCUT2D eigenvalue weighted by Gasteiger charge is 2.04. The van der Waals surface area contributed by atoms with Crippen molar-refractivity contribution >= 4 is 12.2 Å². The molecule has 4 heteroatoms. The summed E-state index contributed by atoms with van der Waals surface area (Å²) < 4.78 is 0. The van der Waals surface area contributed by atoms with Crippen molar-refractivity contribution in [1.82, 2.24) is 5.32 Å². The molecule has 1 amide bonds. The Bertz CT molecular complexity index is 407. The minimum atomic E-state index is -0.269. The SMILES string of the molecule is N#Cc1cccc(C(=O)NCCC=O)c1. The molecule has 1 N–H and O–H groups in total. The fourth-order valence-electron chi connectivity index (χ4n) is 1.08. The fraction of sp³-hybridized carbons (Fsp3) is 0.182. The Morgan fingerprint density at radius 2 is 2.33 bits per heavy atom. The van der Waals surface area contributed by atoms with Crippen molar-refractivity contribution in [3.8, 4) is 6.07 Å². The van der Waals surface area contributed by atoms with Gasteiger partial charge in [0.05, 0.1) is 11.6 Å². The van der Waals surface area contributed by atoms with Crippen LogP contribution in [0.2, 0.25) is 0 Å². The van der Waals surface area contributed by atoms with Gasteiger partial charge in [0.15, 0.2) is 0 Å². The number of nitrogens with one attached hydrogen (secondary N) is 1. The number of nitrogens with zero attached hydrogens (tertiary/aromatic N) is 1. The Morgan fingerprint density at radius 1 is 1.53 bits per heavy atom. The van der Waals surface area contributed by atoms with Gasteiger partial charge in [-0.3, -0.25) is 4.79 Å². The van der Waals surface area contributed by atoms with E-state index in [2.05, 4.69) is 5.32 Å². The van der Waals surface area contributed by atoms with E-state index in [9.17, 15) is 9.59 Å². The number of rotatable bonds is 4. The van der Waals surface area contributed by atoms with E-state index >= 15 is 0 Å². The quantitative estimate of drug-likeness (QED) is 0.582. The highest BCUT2D eigenvalue weighted by Crippen LogP contribution is 2.03. The zero-order chi connectivity index (χ0) is 11.1. The first kappa shape index (κ1) is 10.9. The van der Waals surface area contributed by atoms with Crippen LogP contribution >= 0.6 is 0 Å². The van der Waals surface area contributed by atoms with Gasteiger partial charge in [0, 0.05) is 18.5 Å². The lowest BCUT2D eigenvalue weighted by atomic mass is 10.1. The lowest BCUT2D eigenvalue weighted by Gasteiger charge is -2.02. The Kier molecular flexibility index (Phi) is 4.05. The maximum Gasteiger partial charge on any atom is 0.251 e. The molecule has 0 unspecified atom stereocenters. The number of nitriles is 1. The lowest BCUT2D eigenvalue weighted by molar-refractivity contribution is -0.107. The molecule has 1 aromatic carbocycles. The van der Waals surface area contributed by atoms with Crippen LogP contribution in [0.25, 0.3) is 0 Å². The van der Waals surface area contributed by atoms with Crippen molar-refractivity contribution in [2.45, 2.75) is 6.42 Å². The molecule has 4 nitrogen and oxygen atoms in total. The smallest absolute Gasteiger partial charge is 0.251 e. The van der Waals surface area contributed by atoms with Crippen molar-refractivity contribution in [3.63, 3.8) is 0 Å². The van der Waals surface area contributed by atoms with Crippen LogP contribution in [-0.2, 0) is 4.79 Å². The van der Waals surface area contributed by atoms with E-state index in [1.54, 1.807) is 18.2 Å². The molecule has 0 saturated carbocycles. The molecule has 76 valence electrons. The summed E-state index contributed by atoms with van der Waals surface area (Å²) in [5.41, 5.74) is 0.873. The lowest BCUT2D eigenvalue weighted by Crippen LogP contribution is -2.24. The zero-order valence-electron chi connectivity index (χ0n) is 8.06. The van der Waals surface area contributed by atoms with Gasteiger partial charge in [-0.2, -0.15) is 5.26 Å². The molecule has 1 rings (SSSR count). The summed E-state index contributed by atoms with van der Waals surface area (Å²) in [5.74, 6) is -0.269. The predicted molar refractivity (Wildman–Crippen MR) is 54.2 cm³/mol. The molecular weight excluding hydrogens is 192 g/mol. The molecule has 0 saturated heterocycles. The second kappa shape index (κ2) is 5.55. The molecule has 15 heavy (non-hydrogen) atoms. The number of carbonyl (C=O) groups excluding carboxylic acids is 2. The topological polar surface area (TPSA) is 70.0 Å².